The normalized spacial score (nSPS) is 21.8. The number of ether oxygens (including phenoxy) is 1. The quantitative estimate of drug-likeness (QED) is 0.570. The van der Waals surface area contributed by atoms with E-state index in [0.29, 0.717) is 29.2 Å². The SMILES string of the molecule is CCCC1CCC(c2ccc3c(c2F)-c2c-3ccc(F)c2F)OC1. The molecular formula is C20H19F3O. The summed E-state index contributed by atoms with van der Waals surface area (Å²) >= 11 is 0. The van der Waals surface area contributed by atoms with Gasteiger partial charge in [-0.15, -0.1) is 0 Å². The Hall–Kier alpha value is -1.81. The van der Waals surface area contributed by atoms with Gasteiger partial charge in [-0.3, -0.25) is 0 Å². The first kappa shape index (κ1) is 15.7. The second-order valence-electron chi connectivity index (χ2n) is 6.73. The molecule has 0 radical (unpaired) electrons. The van der Waals surface area contributed by atoms with Crippen molar-refractivity contribution in [1.82, 2.24) is 0 Å². The van der Waals surface area contributed by atoms with Crippen molar-refractivity contribution in [2.75, 3.05) is 6.61 Å². The second kappa shape index (κ2) is 5.92. The molecule has 2 aromatic carbocycles. The van der Waals surface area contributed by atoms with Crippen molar-refractivity contribution in [3.05, 3.63) is 47.3 Å². The summed E-state index contributed by atoms with van der Waals surface area (Å²) in [6.07, 6.45) is 3.71. The molecule has 1 nitrogen and oxygen atoms in total. The molecule has 0 N–H and O–H groups in total. The predicted octanol–water partition coefficient (Wildman–Crippen LogP) is 6.02. The van der Waals surface area contributed by atoms with Gasteiger partial charge in [0.1, 0.15) is 5.82 Å². The molecule has 0 aromatic heterocycles. The van der Waals surface area contributed by atoms with E-state index in [-0.39, 0.29) is 17.2 Å². The van der Waals surface area contributed by atoms with E-state index < -0.39 is 17.5 Å². The van der Waals surface area contributed by atoms with Crippen molar-refractivity contribution in [2.24, 2.45) is 5.92 Å². The highest BCUT2D eigenvalue weighted by Crippen LogP contribution is 2.52. The monoisotopic (exact) mass is 332 g/mol. The summed E-state index contributed by atoms with van der Waals surface area (Å²) in [6.45, 7) is 2.78. The van der Waals surface area contributed by atoms with Crippen molar-refractivity contribution in [2.45, 2.75) is 38.7 Å². The molecule has 0 saturated carbocycles. The Morgan fingerprint density at radius 3 is 2.33 bits per heavy atom. The lowest BCUT2D eigenvalue weighted by Gasteiger charge is -2.32. The van der Waals surface area contributed by atoms with Crippen molar-refractivity contribution in [3.63, 3.8) is 0 Å². The topological polar surface area (TPSA) is 9.23 Å². The third kappa shape index (κ3) is 2.27. The molecule has 2 aromatic rings. The van der Waals surface area contributed by atoms with Crippen LogP contribution < -0.4 is 0 Å². The zero-order chi connectivity index (χ0) is 16.8. The van der Waals surface area contributed by atoms with Gasteiger partial charge in [0.2, 0.25) is 0 Å². The van der Waals surface area contributed by atoms with Crippen molar-refractivity contribution < 1.29 is 17.9 Å². The summed E-state index contributed by atoms with van der Waals surface area (Å²) in [6, 6.07) is 6.10. The van der Waals surface area contributed by atoms with E-state index >= 15 is 0 Å². The van der Waals surface area contributed by atoms with Crippen LogP contribution in [0.15, 0.2) is 24.3 Å². The van der Waals surface area contributed by atoms with Crippen LogP contribution in [0.5, 0.6) is 0 Å². The second-order valence-corrected chi connectivity index (χ2v) is 6.73. The van der Waals surface area contributed by atoms with Crippen LogP contribution in [0.4, 0.5) is 13.2 Å². The van der Waals surface area contributed by atoms with Crippen molar-refractivity contribution in [1.29, 1.82) is 0 Å². The van der Waals surface area contributed by atoms with Crippen molar-refractivity contribution in [3.8, 4) is 22.3 Å². The fourth-order valence-electron chi connectivity index (χ4n) is 3.95. The highest BCUT2D eigenvalue weighted by molar-refractivity contribution is 6.03. The number of hydrogen-bond acceptors (Lipinski definition) is 1. The van der Waals surface area contributed by atoms with Crippen LogP contribution in [0.1, 0.15) is 44.3 Å². The van der Waals surface area contributed by atoms with Gasteiger partial charge in [-0.25, -0.2) is 13.2 Å². The summed E-state index contributed by atoms with van der Waals surface area (Å²) < 4.78 is 48.3. The Morgan fingerprint density at radius 1 is 0.958 bits per heavy atom. The minimum Gasteiger partial charge on any atom is -0.373 e. The molecule has 0 amide bonds. The Morgan fingerprint density at radius 2 is 1.67 bits per heavy atom. The number of fused-ring (bicyclic) bond motifs is 4. The molecule has 24 heavy (non-hydrogen) atoms. The molecule has 2 atom stereocenters. The maximum atomic E-state index is 15.0. The van der Waals surface area contributed by atoms with Gasteiger partial charge in [-0.1, -0.05) is 31.5 Å². The first-order chi connectivity index (χ1) is 11.6. The van der Waals surface area contributed by atoms with Crippen molar-refractivity contribution >= 4 is 0 Å². The lowest BCUT2D eigenvalue weighted by Crippen LogP contribution is -2.22. The summed E-state index contributed by atoms with van der Waals surface area (Å²) in [5.41, 5.74) is 1.92. The molecule has 0 bridgehead atoms. The molecule has 4 rings (SSSR count). The molecule has 4 heteroatoms. The standard InChI is InChI=1S/C20H19F3O/c1-2-3-11-4-9-16(24-10-11)14-6-5-12-13-7-8-15(21)20(23)18(13)17(12)19(14)22/h5-8,11,16H,2-4,9-10H2,1H3. The molecule has 1 fully saturated rings. The zero-order valence-electron chi connectivity index (χ0n) is 13.5. The average molecular weight is 332 g/mol. The van der Waals surface area contributed by atoms with Gasteiger partial charge < -0.3 is 4.74 Å². The van der Waals surface area contributed by atoms with E-state index in [1.165, 1.54) is 6.07 Å². The molecule has 1 aliphatic carbocycles. The van der Waals surface area contributed by atoms with Crippen LogP contribution in [0.3, 0.4) is 0 Å². The van der Waals surface area contributed by atoms with Gasteiger partial charge in [-0.05, 0) is 42.4 Å². The third-order valence-corrected chi connectivity index (χ3v) is 5.22. The number of benzene rings is 2. The van der Waals surface area contributed by atoms with Crippen LogP contribution in [-0.2, 0) is 4.74 Å². The van der Waals surface area contributed by atoms with E-state index in [4.69, 9.17) is 4.74 Å². The minimum atomic E-state index is -0.969. The maximum Gasteiger partial charge on any atom is 0.167 e. The van der Waals surface area contributed by atoms with E-state index in [9.17, 15) is 13.2 Å². The van der Waals surface area contributed by atoms with Gasteiger partial charge in [0, 0.05) is 16.7 Å². The van der Waals surface area contributed by atoms with Crippen LogP contribution in [0.2, 0.25) is 0 Å². The molecule has 0 spiro atoms. The first-order valence-electron chi connectivity index (χ1n) is 8.54. The van der Waals surface area contributed by atoms with Crippen LogP contribution in [0, 0.1) is 23.4 Å². The fourth-order valence-corrected chi connectivity index (χ4v) is 3.95. The maximum absolute atomic E-state index is 15.0. The Balaban J connectivity index is 1.65. The van der Waals surface area contributed by atoms with Gasteiger partial charge in [0.15, 0.2) is 11.6 Å². The number of hydrogen-bond donors (Lipinski definition) is 0. The summed E-state index contributed by atoms with van der Waals surface area (Å²) in [4.78, 5) is 0. The zero-order valence-corrected chi connectivity index (χ0v) is 13.5. The smallest absolute Gasteiger partial charge is 0.167 e. The Kier molecular flexibility index (Phi) is 3.87. The average Bonchev–Trinajstić information content (AvgIpc) is 2.56. The largest absolute Gasteiger partial charge is 0.373 e. The molecule has 1 heterocycles. The number of halogens is 3. The van der Waals surface area contributed by atoms with Gasteiger partial charge in [0.05, 0.1) is 12.7 Å². The predicted molar refractivity (Wildman–Crippen MR) is 87.1 cm³/mol. The van der Waals surface area contributed by atoms with Crippen LogP contribution >= 0.6 is 0 Å². The Bertz CT molecular complexity index is 792. The van der Waals surface area contributed by atoms with Crippen LogP contribution in [0.25, 0.3) is 22.3 Å². The summed E-state index contributed by atoms with van der Waals surface area (Å²) in [5, 5.41) is 0. The highest BCUT2D eigenvalue weighted by Gasteiger charge is 2.34. The molecule has 1 aliphatic heterocycles. The van der Waals surface area contributed by atoms with Gasteiger partial charge in [-0.2, -0.15) is 0 Å². The van der Waals surface area contributed by atoms with E-state index in [2.05, 4.69) is 6.92 Å². The number of rotatable bonds is 3. The van der Waals surface area contributed by atoms with Gasteiger partial charge in [0.25, 0.3) is 0 Å². The van der Waals surface area contributed by atoms with Gasteiger partial charge >= 0.3 is 0 Å². The first-order valence-corrected chi connectivity index (χ1v) is 8.54. The van der Waals surface area contributed by atoms with Crippen LogP contribution in [-0.4, -0.2) is 6.61 Å². The summed E-state index contributed by atoms with van der Waals surface area (Å²) in [7, 11) is 0. The minimum absolute atomic E-state index is 0.0593. The lowest BCUT2D eigenvalue weighted by atomic mass is 9.78. The lowest BCUT2D eigenvalue weighted by molar-refractivity contribution is -0.0211. The molecule has 2 aliphatic rings. The van der Waals surface area contributed by atoms with E-state index in [1.54, 1.807) is 12.1 Å². The molecule has 126 valence electrons. The summed E-state index contributed by atoms with van der Waals surface area (Å²) in [5.74, 6) is -1.85. The molecular weight excluding hydrogens is 313 g/mol. The molecule has 2 unspecified atom stereocenters. The van der Waals surface area contributed by atoms with E-state index in [0.717, 1.165) is 31.7 Å². The molecule has 1 saturated heterocycles. The van der Waals surface area contributed by atoms with E-state index in [1.807, 2.05) is 0 Å². The fraction of sp³-hybridized carbons (Fsp3) is 0.400. The Labute approximate surface area is 139 Å². The third-order valence-electron chi connectivity index (χ3n) is 5.22. The highest BCUT2D eigenvalue weighted by atomic mass is 19.2.